The van der Waals surface area contributed by atoms with Gasteiger partial charge in [0.1, 0.15) is 17.9 Å². The summed E-state index contributed by atoms with van der Waals surface area (Å²) in [5.74, 6) is -0.547. The van der Waals surface area contributed by atoms with Crippen LogP contribution in [0.25, 0.3) is 17.0 Å². The maximum atomic E-state index is 13.1. The van der Waals surface area contributed by atoms with Gasteiger partial charge < -0.3 is 29.9 Å². The van der Waals surface area contributed by atoms with Crippen LogP contribution in [0.1, 0.15) is 27.2 Å². The van der Waals surface area contributed by atoms with E-state index < -0.39 is 11.8 Å². The van der Waals surface area contributed by atoms with Crippen molar-refractivity contribution in [3.05, 3.63) is 124 Å². The van der Waals surface area contributed by atoms with Crippen LogP contribution in [0.2, 0.25) is 10.0 Å². The summed E-state index contributed by atoms with van der Waals surface area (Å²) in [5, 5.41) is 7.01. The van der Waals surface area contributed by atoms with Crippen LogP contribution in [0, 0.1) is 6.92 Å². The number of fused-ring (bicyclic) bond motifs is 1. The molecule has 1 fully saturated rings. The van der Waals surface area contributed by atoms with E-state index >= 15 is 0 Å². The van der Waals surface area contributed by atoms with Crippen LogP contribution < -0.4 is 25.2 Å². The fraction of sp³-hybridized carbons (Fsp3) is 0.205. The van der Waals surface area contributed by atoms with E-state index in [-0.39, 0.29) is 24.1 Å². The Morgan fingerprint density at radius 2 is 1.75 bits per heavy atom. The first-order valence-corrected chi connectivity index (χ1v) is 17.3. The molecule has 0 atom stereocenters. The number of halogens is 2. The number of benzene rings is 3. The van der Waals surface area contributed by atoms with Crippen molar-refractivity contribution in [2.45, 2.75) is 13.5 Å². The van der Waals surface area contributed by atoms with E-state index in [4.69, 9.17) is 37.7 Å². The number of aromatic nitrogens is 2. The number of hydrogen-bond donors (Lipinski definition) is 2. The molecule has 3 heterocycles. The molecule has 1 aliphatic heterocycles. The van der Waals surface area contributed by atoms with E-state index in [1.54, 1.807) is 74.0 Å². The van der Waals surface area contributed by atoms with Gasteiger partial charge in [0.15, 0.2) is 0 Å². The Kier molecular flexibility index (Phi) is 11.6. The van der Waals surface area contributed by atoms with Gasteiger partial charge in [-0.1, -0.05) is 47.5 Å². The van der Waals surface area contributed by atoms with E-state index in [1.807, 2.05) is 25.1 Å². The second kappa shape index (κ2) is 16.7. The zero-order valence-corrected chi connectivity index (χ0v) is 30.1. The molecule has 0 saturated carbocycles. The number of anilines is 3. The van der Waals surface area contributed by atoms with Gasteiger partial charge in [-0.15, -0.1) is 0 Å². The fourth-order valence-corrected chi connectivity index (χ4v) is 6.27. The first kappa shape index (κ1) is 36.3. The Labute approximate surface area is 311 Å². The molecule has 266 valence electrons. The molecule has 1 saturated heterocycles. The second-order valence-electron chi connectivity index (χ2n) is 12.0. The van der Waals surface area contributed by atoms with E-state index in [9.17, 15) is 14.4 Å². The monoisotopic (exact) mass is 738 g/mol. The lowest BCUT2D eigenvalue weighted by Gasteiger charge is -2.30. The first-order chi connectivity index (χ1) is 25.2. The Bertz CT molecular complexity index is 2120. The average Bonchev–Trinajstić information content (AvgIpc) is 3.16. The van der Waals surface area contributed by atoms with Crippen LogP contribution >= 0.6 is 23.2 Å². The van der Waals surface area contributed by atoms with E-state index in [2.05, 4.69) is 26.6 Å². The highest BCUT2D eigenvalue weighted by Gasteiger charge is 2.21. The van der Waals surface area contributed by atoms with Crippen molar-refractivity contribution in [1.29, 1.82) is 0 Å². The highest BCUT2D eigenvalue weighted by atomic mass is 35.5. The summed E-state index contributed by atoms with van der Waals surface area (Å²) in [5.41, 5.74) is 5.39. The number of hydrogen-bond acceptors (Lipinski definition) is 8. The summed E-state index contributed by atoms with van der Waals surface area (Å²) < 4.78 is 11.8. The lowest BCUT2D eigenvalue weighted by Crippen LogP contribution is -2.37. The van der Waals surface area contributed by atoms with Crippen LogP contribution in [0.3, 0.4) is 0 Å². The number of para-hydroxylation sites is 1. The second-order valence-corrected chi connectivity index (χ2v) is 12.8. The maximum Gasteiger partial charge on any atom is 0.255 e. The number of rotatable bonds is 11. The smallest absolute Gasteiger partial charge is 0.255 e. The number of amides is 3. The Hall–Kier alpha value is -5.49. The summed E-state index contributed by atoms with van der Waals surface area (Å²) in [6.07, 6.45) is 6.09. The van der Waals surface area contributed by atoms with Crippen molar-refractivity contribution in [2.24, 2.45) is 0 Å². The standard InChI is InChI=1S/C39H36Cl2N6O5/c1-25-22-33(47-18-20-51-21-19-47)29-4-3-5-34(38(29)44-25)52-24-30-31(40)11-12-32(37(30)41)46(2)36(49)23-43-35(48)13-8-26-6-9-27(10-7-26)39(50)45-28-14-16-42-17-15-28/h3-17,22H,18-21,23-24H2,1-2H3,(H,43,48)(H,42,45,50). The molecule has 0 unspecified atom stereocenters. The van der Waals surface area contributed by atoms with E-state index in [0.717, 1.165) is 35.4 Å². The van der Waals surface area contributed by atoms with Gasteiger partial charge >= 0.3 is 0 Å². The van der Waals surface area contributed by atoms with Gasteiger partial charge in [-0.25, -0.2) is 4.98 Å². The fourth-order valence-electron chi connectivity index (χ4n) is 5.67. The van der Waals surface area contributed by atoms with E-state index in [0.29, 0.717) is 52.1 Å². The molecule has 0 radical (unpaired) electrons. The Balaban J connectivity index is 1.06. The molecule has 0 bridgehead atoms. The van der Waals surface area contributed by atoms with Gasteiger partial charge in [0.25, 0.3) is 5.91 Å². The minimum atomic E-state index is -0.465. The highest BCUT2D eigenvalue weighted by Crippen LogP contribution is 2.37. The number of nitrogens with zero attached hydrogens (tertiary/aromatic N) is 4. The van der Waals surface area contributed by atoms with Crippen LogP contribution in [0.15, 0.2) is 91.3 Å². The highest BCUT2D eigenvalue weighted by molar-refractivity contribution is 6.38. The summed E-state index contributed by atoms with van der Waals surface area (Å²) in [4.78, 5) is 50.5. The van der Waals surface area contributed by atoms with Gasteiger partial charge in [0.05, 0.1) is 30.5 Å². The molecule has 5 aromatic rings. The van der Waals surface area contributed by atoms with Gasteiger partial charge in [-0.05, 0) is 67.1 Å². The first-order valence-electron chi connectivity index (χ1n) is 16.5. The van der Waals surface area contributed by atoms with Crippen LogP contribution in [-0.2, 0) is 20.9 Å². The molecule has 1 aliphatic rings. The zero-order chi connectivity index (χ0) is 36.6. The summed E-state index contributed by atoms with van der Waals surface area (Å²) in [6.45, 7) is 4.63. The number of morpholine rings is 1. The molecule has 2 aromatic heterocycles. The quantitative estimate of drug-likeness (QED) is 0.143. The number of pyridine rings is 2. The van der Waals surface area contributed by atoms with Crippen molar-refractivity contribution in [3.8, 4) is 5.75 Å². The molecule has 13 heteroatoms. The largest absolute Gasteiger partial charge is 0.487 e. The number of ether oxygens (including phenoxy) is 2. The lowest BCUT2D eigenvalue weighted by atomic mass is 10.1. The number of carbonyl (C=O) groups is 3. The average molecular weight is 740 g/mol. The third kappa shape index (κ3) is 8.68. The number of carbonyl (C=O) groups excluding carboxylic acids is 3. The molecule has 11 nitrogen and oxygen atoms in total. The van der Waals surface area contributed by atoms with E-state index in [1.165, 1.54) is 11.0 Å². The number of aryl methyl sites for hydroxylation is 1. The molecule has 3 amide bonds. The molecule has 2 N–H and O–H groups in total. The Morgan fingerprint density at radius 3 is 2.50 bits per heavy atom. The minimum absolute atomic E-state index is 0.0348. The predicted octanol–water partition coefficient (Wildman–Crippen LogP) is 6.71. The minimum Gasteiger partial charge on any atom is -0.487 e. The van der Waals surface area contributed by atoms with Crippen LogP contribution in [0.5, 0.6) is 5.75 Å². The van der Waals surface area contributed by atoms with Crippen molar-refractivity contribution < 1.29 is 23.9 Å². The summed E-state index contributed by atoms with van der Waals surface area (Å²) >= 11 is 13.4. The third-order valence-corrected chi connectivity index (χ3v) is 9.26. The predicted molar refractivity (Wildman–Crippen MR) is 204 cm³/mol. The van der Waals surface area contributed by atoms with Crippen molar-refractivity contribution in [3.63, 3.8) is 0 Å². The summed E-state index contributed by atoms with van der Waals surface area (Å²) in [6, 6.07) is 21.3. The zero-order valence-electron chi connectivity index (χ0n) is 28.6. The Morgan fingerprint density at radius 1 is 1.00 bits per heavy atom. The summed E-state index contributed by atoms with van der Waals surface area (Å²) in [7, 11) is 1.57. The van der Waals surface area contributed by atoms with Gasteiger partial charge in [0, 0.05) is 77.2 Å². The van der Waals surface area contributed by atoms with Gasteiger partial charge in [-0.2, -0.15) is 0 Å². The van der Waals surface area contributed by atoms with Crippen LogP contribution in [0.4, 0.5) is 17.1 Å². The molecule has 0 aliphatic carbocycles. The SMILES string of the molecule is Cc1cc(N2CCOCC2)c2cccc(OCc3c(Cl)ccc(N(C)C(=O)CNC(=O)C=Cc4ccc(C(=O)Nc5ccncc5)cc4)c3Cl)c2n1. The third-order valence-electron chi connectivity index (χ3n) is 8.49. The molecule has 6 rings (SSSR count). The lowest BCUT2D eigenvalue weighted by molar-refractivity contribution is -0.122. The van der Waals surface area contributed by atoms with Gasteiger partial charge in [-0.3, -0.25) is 19.4 Å². The number of likely N-dealkylation sites (N-methyl/N-ethyl adjacent to an activating group) is 1. The number of nitrogens with one attached hydrogen (secondary N) is 2. The maximum absolute atomic E-state index is 13.1. The molecule has 52 heavy (non-hydrogen) atoms. The van der Waals surface area contributed by atoms with Crippen LogP contribution in [-0.4, -0.2) is 67.6 Å². The molecule has 3 aromatic carbocycles. The molecular weight excluding hydrogens is 703 g/mol. The van der Waals surface area contributed by atoms with Crippen molar-refractivity contribution >= 4 is 75.0 Å². The molecule has 0 spiro atoms. The van der Waals surface area contributed by atoms with Gasteiger partial charge in [0.2, 0.25) is 11.8 Å². The topological polar surface area (TPSA) is 126 Å². The van der Waals surface area contributed by atoms with Crippen molar-refractivity contribution in [2.75, 3.05) is 55.0 Å². The normalized spacial score (nSPS) is 12.9. The van der Waals surface area contributed by atoms with Crippen molar-refractivity contribution in [1.82, 2.24) is 15.3 Å². The molecular formula is C39H36Cl2N6O5.